The second-order valence-corrected chi connectivity index (χ2v) is 18.1. The van der Waals surface area contributed by atoms with Crippen LogP contribution in [0.3, 0.4) is 0 Å². The monoisotopic (exact) mass is 1060 g/mol. The predicted octanol–water partition coefficient (Wildman–Crippen LogP) is 12.0. The molecule has 0 atom stereocenters. The van der Waals surface area contributed by atoms with Gasteiger partial charge in [0.2, 0.25) is 0 Å². The standard InChI is InChI=1S/C54H54ClN15O7/c1-33-19-38(73-39-23-56-65(3)28-39)13-14-45(33)64-70(63-37-12-15-48(34(2)18-37)74-40-24-57-66(4)29-40)47-22-46(61-35-10-16-49(44(55)20-35)75-41-25-58-67(5)30-41)53(77-43-27-60-69(7)32-43)52(54(47)72-9)62-36-11-17-50(51(21-36)71-8)76-42-26-59-68(6)31-42/h10-32,61-64H,1-9H3. The molecule has 0 fully saturated rings. The van der Waals surface area contributed by atoms with Crippen molar-refractivity contribution in [2.75, 3.05) is 40.8 Å². The summed E-state index contributed by atoms with van der Waals surface area (Å²) in [6.07, 6.45) is 17.0. The van der Waals surface area contributed by atoms with Crippen LogP contribution in [0.5, 0.6) is 69.0 Å². The molecular formula is C54H54ClN15O7. The maximum absolute atomic E-state index is 6.96. The molecule has 0 saturated carbocycles. The van der Waals surface area contributed by atoms with E-state index in [-0.39, 0.29) is 0 Å². The van der Waals surface area contributed by atoms with Crippen LogP contribution in [-0.2, 0) is 35.2 Å². The van der Waals surface area contributed by atoms with E-state index in [4.69, 9.17) is 44.8 Å². The van der Waals surface area contributed by atoms with Gasteiger partial charge in [-0.3, -0.25) is 34.3 Å². The second kappa shape index (κ2) is 21.9. The van der Waals surface area contributed by atoms with Gasteiger partial charge < -0.3 is 43.8 Å². The second-order valence-electron chi connectivity index (χ2n) is 17.7. The SMILES string of the molecule is COc1cc(Nc2c(Oc3cnn(C)c3)c(Nc3ccc(Oc4cnn(C)c4)c(Cl)c3)cc(N(Nc3ccc(Oc4cnn(C)c4)c(C)c3)Nc3ccc(Oc4cnn(C)c4)cc3C)c2OC)ccc1Oc1cnn(C)c1. The van der Waals surface area contributed by atoms with Crippen LogP contribution in [0.4, 0.5) is 39.8 Å². The fourth-order valence-electron chi connectivity index (χ4n) is 8.06. The van der Waals surface area contributed by atoms with E-state index in [0.29, 0.717) is 108 Å². The molecule has 0 bridgehead atoms. The summed E-state index contributed by atoms with van der Waals surface area (Å²) in [6.45, 7) is 3.95. The highest BCUT2D eigenvalue weighted by Gasteiger charge is 2.28. The minimum Gasteiger partial charge on any atom is -0.493 e. The average molecular weight is 1060 g/mol. The zero-order valence-electron chi connectivity index (χ0n) is 43.4. The molecule has 0 saturated heterocycles. The number of rotatable bonds is 21. The Balaban J connectivity index is 1.12. The van der Waals surface area contributed by atoms with E-state index >= 15 is 0 Å². The van der Waals surface area contributed by atoms with Gasteiger partial charge >= 0.3 is 0 Å². The zero-order valence-corrected chi connectivity index (χ0v) is 44.2. The minimum atomic E-state index is 0.320. The molecule has 5 aromatic carbocycles. The number of aryl methyl sites for hydroxylation is 7. The first-order valence-electron chi connectivity index (χ1n) is 23.9. The average Bonchev–Trinajstić information content (AvgIpc) is 4.29. The molecule has 22 nitrogen and oxygen atoms in total. The van der Waals surface area contributed by atoms with Gasteiger partial charge in [-0.15, -0.1) is 0 Å². The third kappa shape index (κ3) is 11.9. The Morgan fingerprint density at radius 1 is 0.429 bits per heavy atom. The lowest BCUT2D eigenvalue weighted by Gasteiger charge is -2.32. The molecule has 10 aromatic rings. The largest absolute Gasteiger partial charge is 0.493 e. The predicted molar refractivity (Wildman–Crippen MR) is 292 cm³/mol. The number of nitrogens with zero attached hydrogens (tertiary/aromatic N) is 11. The van der Waals surface area contributed by atoms with Crippen molar-refractivity contribution in [3.63, 3.8) is 0 Å². The van der Waals surface area contributed by atoms with Crippen LogP contribution in [0.15, 0.2) is 141 Å². The highest BCUT2D eigenvalue weighted by atomic mass is 35.5. The van der Waals surface area contributed by atoms with E-state index in [0.717, 1.165) is 16.8 Å². The number of hydrogen-bond donors (Lipinski definition) is 4. The highest BCUT2D eigenvalue weighted by Crippen LogP contribution is 2.52. The summed E-state index contributed by atoms with van der Waals surface area (Å²) < 4.78 is 52.3. The van der Waals surface area contributed by atoms with Gasteiger partial charge in [-0.1, -0.05) is 11.6 Å². The van der Waals surface area contributed by atoms with Gasteiger partial charge in [0.05, 0.1) is 98.3 Å². The number of halogens is 1. The number of hydrazine groups is 2. The molecule has 5 heterocycles. The molecule has 4 N–H and O–H groups in total. The molecule has 394 valence electrons. The van der Waals surface area contributed by atoms with E-state index in [2.05, 4.69) is 47.0 Å². The van der Waals surface area contributed by atoms with Crippen LogP contribution in [-0.4, -0.2) is 63.1 Å². The van der Waals surface area contributed by atoms with Crippen molar-refractivity contribution in [2.45, 2.75) is 13.8 Å². The molecule has 5 aromatic heterocycles. The summed E-state index contributed by atoms with van der Waals surface area (Å²) in [5, 5.41) is 30.7. The van der Waals surface area contributed by atoms with E-state index in [1.165, 1.54) is 0 Å². The first-order chi connectivity index (χ1) is 37.2. The Bertz CT molecular complexity index is 3710. The Labute approximate surface area is 447 Å². The number of nitrogens with one attached hydrogen (secondary N) is 4. The first-order valence-corrected chi connectivity index (χ1v) is 24.2. The van der Waals surface area contributed by atoms with Gasteiger partial charge in [-0.2, -0.15) is 30.6 Å². The van der Waals surface area contributed by atoms with Gasteiger partial charge in [0.25, 0.3) is 0 Å². The van der Waals surface area contributed by atoms with E-state index in [9.17, 15) is 0 Å². The fraction of sp³-hybridized carbons (Fsp3) is 0.167. The number of hydrogen-bond acceptors (Lipinski definition) is 17. The van der Waals surface area contributed by atoms with Gasteiger partial charge in [0.1, 0.15) is 28.6 Å². The summed E-state index contributed by atoms with van der Waals surface area (Å²) in [6, 6.07) is 24.2. The summed E-state index contributed by atoms with van der Waals surface area (Å²) in [4.78, 5) is 0. The summed E-state index contributed by atoms with van der Waals surface area (Å²) in [5.41, 5.74) is 12.9. The van der Waals surface area contributed by atoms with Gasteiger partial charge in [-0.05, 0) is 97.8 Å². The van der Waals surface area contributed by atoms with Crippen LogP contribution in [0.2, 0.25) is 5.02 Å². The van der Waals surface area contributed by atoms with Crippen molar-refractivity contribution >= 4 is 51.4 Å². The molecule has 0 spiro atoms. The molecule has 0 aliphatic heterocycles. The van der Waals surface area contributed by atoms with Crippen LogP contribution in [0.1, 0.15) is 11.1 Å². The fourth-order valence-corrected chi connectivity index (χ4v) is 8.28. The topological polar surface area (TPSA) is 205 Å². The smallest absolute Gasteiger partial charge is 0.178 e. The van der Waals surface area contributed by atoms with Crippen LogP contribution < -0.4 is 59.8 Å². The van der Waals surface area contributed by atoms with Crippen LogP contribution >= 0.6 is 11.6 Å². The molecule has 0 unspecified atom stereocenters. The molecule has 0 aliphatic rings. The number of benzene rings is 5. The van der Waals surface area contributed by atoms with Crippen LogP contribution in [0.25, 0.3) is 0 Å². The zero-order chi connectivity index (χ0) is 53.7. The van der Waals surface area contributed by atoms with Crippen LogP contribution in [0, 0.1) is 13.8 Å². The van der Waals surface area contributed by atoms with E-state index in [1.54, 1.807) is 130 Å². The quantitative estimate of drug-likeness (QED) is 0.0494. The van der Waals surface area contributed by atoms with Crippen molar-refractivity contribution in [1.29, 1.82) is 0 Å². The molecule has 77 heavy (non-hydrogen) atoms. The Hall–Kier alpha value is -9.96. The molecule has 23 heteroatoms. The maximum atomic E-state index is 6.96. The summed E-state index contributed by atoms with van der Waals surface area (Å²) in [7, 11) is 12.3. The van der Waals surface area contributed by atoms with Gasteiger partial charge in [0, 0.05) is 52.7 Å². The first kappa shape index (κ1) is 50.6. The normalized spacial score (nSPS) is 11.0. The maximum Gasteiger partial charge on any atom is 0.178 e. The van der Waals surface area contributed by atoms with Crippen molar-refractivity contribution in [1.82, 2.24) is 48.9 Å². The van der Waals surface area contributed by atoms with Gasteiger partial charge in [-0.25, -0.2) is 0 Å². The lowest BCUT2D eigenvalue weighted by Crippen LogP contribution is -2.36. The molecule has 0 radical (unpaired) electrons. The highest BCUT2D eigenvalue weighted by molar-refractivity contribution is 6.32. The molecule has 10 rings (SSSR count). The number of ether oxygens (including phenoxy) is 7. The van der Waals surface area contributed by atoms with Crippen molar-refractivity contribution < 1.29 is 33.2 Å². The lowest BCUT2D eigenvalue weighted by atomic mass is 10.1. The van der Waals surface area contributed by atoms with E-state index in [1.807, 2.05) is 103 Å². The molecular weight excluding hydrogens is 1010 g/mol. The van der Waals surface area contributed by atoms with Crippen molar-refractivity contribution in [3.05, 3.63) is 157 Å². The van der Waals surface area contributed by atoms with E-state index < -0.39 is 0 Å². The number of methoxy groups -OCH3 is 2. The third-order valence-electron chi connectivity index (χ3n) is 11.7. The Kier molecular flexibility index (Phi) is 14.4. The lowest BCUT2D eigenvalue weighted by molar-refractivity contribution is 0.379. The summed E-state index contributed by atoms with van der Waals surface area (Å²) >= 11 is 6.96. The van der Waals surface area contributed by atoms with Crippen molar-refractivity contribution in [2.24, 2.45) is 35.2 Å². The number of anilines is 7. The Morgan fingerprint density at radius 3 is 1.48 bits per heavy atom. The Morgan fingerprint density at radius 2 is 0.948 bits per heavy atom. The molecule has 0 amide bonds. The summed E-state index contributed by atoms with van der Waals surface area (Å²) in [5.74, 6) is 5.98. The number of aromatic nitrogens is 10. The minimum absolute atomic E-state index is 0.320. The van der Waals surface area contributed by atoms with Gasteiger partial charge in [0.15, 0.2) is 51.7 Å². The molecule has 0 aliphatic carbocycles. The third-order valence-corrected chi connectivity index (χ3v) is 12.0. The van der Waals surface area contributed by atoms with Crippen molar-refractivity contribution in [3.8, 4) is 69.0 Å².